The Balaban J connectivity index is 1.58. The van der Waals surface area contributed by atoms with Crippen LogP contribution in [-0.2, 0) is 19.0 Å². The minimum absolute atomic E-state index is 0.0137. The molecular formula is C17H17N3O9. The van der Waals surface area contributed by atoms with E-state index in [0.29, 0.717) is 0 Å². The zero-order valence-electron chi connectivity index (χ0n) is 15.4. The quantitative estimate of drug-likeness (QED) is 0.584. The molecule has 12 nitrogen and oxygen atoms in total. The van der Waals surface area contributed by atoms with E-state index in [4.69, 9.17) is 14.2 Å². The van der Waals surface area contributed by atoms with E-state index in [-0.39, 0.29) is 36.1 Å². The van der Waals surface area contributed by atoms with Crippen molar-refractivity contribution in [3.05, 3.63) is 38.4 Å². The number of nitrogens with zero attached hydrogens (tertiary/aromatic N) is 2. The average Bonchev–Trinajstić information content (AvgIpc) is 2.83. The summed E-state index contributed by atoms with van der Waals surface area (Å²) in [6.45, 7) is 3.46. The van der Waals surface area contributed by atoms with E-state index < -0.39 is 45.0 Å². The normalized spacial score (nSPS) is 34.7. The highest BCUT2D eigenvalue weighted by Gasteiger charge is 2.71. The van der Waals surface area contributed by atoms with Crippen LogP contribution in [0.1, 0.15) is 26.7 Å². The Labute approximate surface area is 163 Å². The molecule has 1 saturated carbocycles. The molecule has 1 aromatic rings. The molecule has 1 amide bonds. The van der Waals surface area contributed by atoms with Gasteiger partial charge in [0.15, 0.2) is 6.29 Å². The summed E-state index contributed by atoms with van der Waals surface area (Å²) in [4.78, 5) is 45.2. The van der Waals surface area contributed by atoms with Crippen molar-refractivity contribution in [2.24, 2.45) is 11.8 Å². The number of carbonyl (C=O) groups is 2. The summed E-state index contributed by atoms with van der Waals surface area (Å²) >= 11 is 0. The van der Waals surface area contributed by atoms with Crippen LogP contribution >= 0.6 is 0 Å². The van der Waals surface area contributed by atoms with Gasteiger partial charge in [0, 0.05) is 36.8 Å². The van der Waals surface area contributed by atoms with E-state index in [2.05, 4.69) is 5.32 Å². The second-order valence-corrected chi connectivity index (χ2v) is 7.67. The lowest BCUT2D eigenvalue weighted by Crippen LogP contribution is -2.61. The molecule has 1 unspecified atom stereocenters. The Morgan fingerprint density at radius 1 is 1.21 bits per heavy atom. The molecule has 1 aliphatic carbocycles. The summed E-state index contributed by atoms with van der Waals surface area (Å²) in [6, 6.07) is 2.73. The molecule has 4 rings (SSSR count). The lowest BCUT2D eigenvalue weighted by molar-refractivity contribution is -0.394. The summed E-state index contributed by atoms with van der Waals surface area (Å²) in [5.41, 5.74) is -2.46. The van der Waals surface area contributed by atoms with Gasteiger partial charge in [-0.25, -0.2) is 4.79 Å². The standard InChI is InChI=1S/C17H17N3O9/c1-8-12-6-17(16(2,7-13(12)21)27-14(8)28-17)29-15(22)18-9-3-10(19(23)24)5-11(4-9)20(25)26/h3-5,8,12,14H,6-7H2,1-2H3,(H,18,22)/t8?,12-,14+,16+,17+/m1/s1. The molecule has 29 heavy (non-hydrogen) atoms. The summed E-state index contributed by atoms with van der Waals surface area (Å²) in [5.74, 6) is -2.04. The van der Waals surface area contributed by atoms with Crippen LogP contribution in [0.2, 0.25) is 0 Å². The van der Waals surface area contributed by atoms with E-state index in [9.17, 15) is 29.8 Å². The van der Waals surface area contributed by atoms with Gasteiger partial charge >= 0.3 is 6.09 Å². The molecule has 5 atom stereocenters. The fourth-order valence-corrected chi connectivity index (χ4v) is 4.22. The molecule has 2 saturated heterocycles. The minimum Gasteiger partial charge on any atom is -0.413 e. The first-order chi connectivity index (χ1) is 13.5. The van der Waals surface area contributed by atoms with Crippen LogP contribution in [-0.4, -0.2) is 39.4 Å². The van der Waals surface area contributed by atoms with Gasteiger partial charge in [0.05, 0.1) is 21.6 Å². The Bertz CT molecular complexity index is 918. The van der Waals surface area contributed by atoms with Crippen LogP contribution in [0.3, 0.4) is 0 Å². The molecule has 3 aliphatic rings. The number of hydrogen-bond donors (Lipinski definition) is 1. The number of ether oxygens (including phenoxy) is 3. The van der Waals surface area contributed by atoms with Gasteiger partial charge in [0.25, 0.3) is 11.4 Å². The molecule has 3 fully saturated rings. The lowest BCUT2D eigenvalue weighted by atomic mass is 9.70. The molecular weight excluding hydrogens is 390 g/mol. The molecule has 154 valence electrons. The monoisotopic (exact) mass is 407 g/mol. The lowest BCUT2D eigenvalue weighted by Gasteiger charge is -2.46. The number of non-ortho nitro benzene ring substituents is 2. The Hall–Kier alpha value is -3.12. The number of Topliss-reactive ketones (excluding diaryl/α,β-unsaturated/α-hetero) is 1. The fourth-order valence-electron chi connectivity index (χ4n) is 4.22. The molecule has 1 N–H and O–H groups in total. The largest absolute Gasteiger partial charge is 0.414 e. The zero-order chi connectivity index (χ0) is 21.1. The number of anilines is 1. The Morgan fingerprint density at radius 3 is 2.41 bits per heavy atom. The first-order valence-corrected chi connectivity index (χ1v) is 8.86. The topological polar surface area (TPSA) is 160 Å². The second kappa shape index (κ2) is 6.19. The van der Waals surface area contributed by atoms with Crippen molar-refractivity contribution in [2.45, 2.75) is 44.4 Å². The molecule has 0 radical (unpaired) electrons. The second-order valence-electron chi connectivity index (χ2n) is 7.67. The third kappa shape index (κ3) is 2.91. The minimum atomic E-state index is -1.49. The maximum Gasteiger partial charge on any atom is 0.414 e. The number of nitro benzene ring substituents is 2. The summed E-state index contributed by atoms with van der Waals surface area (Å²) in [6.07, 6.45) is -1.58. The smallest absolute Gasteiger partial charge is 0.413 e. The highest BCUT2D eigenvalue weighted by Crippen LogP contribution is 2.57. The van der Waals surface area contributed by atoms with Crippen molar-refractivity contribution in [1.29, 1.82) is 0 Å². The van der Waals surface area contributed by atoms with E-state index in [0.717, 1.165) is 18.2 Å². The van der Waals surface area contributed by atoms with E-state index in [1.165, 1.54) is 0 Å². The van der Waals surface area contributed by atoms with Crippen LogP contribution in [0.15, 0.2) is 18.2 Å². The number of rotatable bonds is 4. The third-order valence-electron chi connectivity index (χ3n) is 5.79. The molecule has 2 aliphatic heterocycles. The molecule has 1 aromatic carbocycles. The van der Waals surface area contributed by atoms with Gasteiger partial charge in [-0.2, -0.15) is 0 Å². The number of carbonyl (C=O) groups excluding carboxylic acids is 2. The van der Waals surface area contributed by atoms with Crippen molar-refractivity contribution in [3.8, 4) is 0 Å². The average molecular weight is 407 g/mol. The number of benzene rings is 1. The van der Waals surface area contributed by atoms with Gasteiger partial charge in [-0.15, -0.1) is 0 Å². The van der Waals surface area contributed by atoms with Crippen LogP contribution < -0.4 is 5.32 Å². The third-order valence-corrected chi connectivity index (χ3v) is 5.79. The molecule has 12 heteroatoms. The van der Waals surface area contributed by atoms with Gasteiger partial charge in [0.2, 0.25) is 5.79 Å². The number of hydrogen-bond acceptors (Lipinski definition) is 9. The number of fused-ring (bicyclic) bond motifs is 2. The van der Waals surface area contributed by atoms with E-state index >= 15 is 0 Å². The van der Waals surface area contributed by atoms with Gasteiger partial charge in [-0.3, -0.25) is 30.3 Å². The number of ketones is 1. The first kappa shape index (κ1) is 19.2. The van der Waals surface area contributed by atoms with Gasteiger partial charge < -0.3 is 14.2 Å². The number of nitro groups is 2. The number of nitrogens with one attached hydrogen (secondary N) is 1. The summed E-state index contributed by atoms with van der Waals surface area (Å²) < 4.78 is 17.2. The molecule has 0 aromatic heterocycles. The molecule has 3 bridgehead atoms. The maximum atomic E-state index is 12.5. The Morgan fingerprint density at radius 2 is 1.83 bits per heavy atom. The highest BCUT2D eigenvalue weighted by atomic mass is 16.8. The van der Waals surface area contributed by atoms with Gasteiger partial charge in [0.1, 0.15) is 11.4 Å². The SMILES string of the molecule is CC1[C@@H]2O[C@]3(OC(=O)Nc4cc([N+](=O)[O-])cc([N+](=O)[O-])c4)C[C@H]1C(=O)C[C@]3(C)O2. The predicted octanol–water partition coefficient (Wildman–Crippen LogP) is 2.51. The van der Waals surface area contributed by atoms with Gasteiger partial charge in [-0.1, -0.05) is 6.92 Å². The maximum absolute atomic E-state index is 12.5. The summed E-state index contributed by atoms with van der Waals surface area (Å²) in [5, 5.41) is 24.3. The van der Waals surface area contributed by atoms with Crippen LogP contribution in [0.4, 0.5) is 21.9 Å². The van der Waals surface area contributed by atoms with Gasteiger partial charge in [-0.05, 0) is 6.92 Å². The van der Waals surface area contributed by atoms with E-state index in [1.807, 2.05) is 6.92 Å². The first-order valence-electron chi connectivity index (χ1n) is 8.86. The van der Waals surface area contributed by atoms with Crippen molar-refractivity contribution in [3.63, 3.8) is 0 Å². The molecule has 0 spiro atoms. The summed E-state index contributed by atoms with van der Waals surface area (Å²) in [7, 11) is 0. The predicted molar refractivity (Wildman–Crippen MR) is 93.8 cm³/mol. The van der Waals surface area contributed by atoms with Crippen LogP contribution in [0.5, 0.6) is 0 Å². The van der Waals surface area contributed by atoms with Crippen LogP contribution in [0, 0.1) is 32.1 Å². The van der Waals surface area contributed by atoms with Crippen molar-refractivity contribution < 1.29 is 33.6 Å². The molecule has 2 heterocycles. The van der Waals surface area contributed by atoms with Crippen molar-refractivity contribution >= 4 is 28.9 Å². The van der Waals surface area contributed by atoms with Crippen molar-refractivity contribution in [2.75, 3.05) is 5.32 Å². The fraction of sp³-hybridized carbons (Fsp3) is 0.529. The highest BCUT2D eigenvalue weighted by molar-refractivity contribution is 5.87. The Kier molecular flexibility index (Phi) is 4.10. The van der Waals surface area contributed by atoms with Crippen LogP contribution in [0.25, 0.3) is 0 Å². The zero-order valence-corrected chi connectivity index (χ0v) is 15.4. The van der Waals surface area contributed by atoms with Crippen molar-refractivity contribution in [1.82, 2.24) is 0 Å². The van der Waals surface area contributed by atoms with E-state index in [1.54, 1.807) is 6.92 Å². The number of amides is 1.